The summed E-state index contributed by atoms with van der Waals surface area (Å²) in [4.78, 5) is 30.4. The molecule has 0 aromatic carbocycles. The molecule has 2 N–H and O–H groups in total. The Labute approximate surface area is 125 Å². The lowest BCUT2D eigenvalue weighted by molar-refractivity contribution is -0.150. The van der Waals surface area contributed by atoms with Crippen LogP contribution >= 0.6 is 0 Å². The Kier molecular flexibility index (Phi) is 5.57. The molecule has 0 aliphatic carbocycles. The molecular formula is C14H25N3O4. The van der Waals surface area contributed by atoms with Gasteiger partial charge in [-0.25, -0.2) is 9.59 Å². The van der Waals surface area contributed by atoms with Crippen LogP contribution in [0.4, 0.5) is 4.79 Å². The second-order valence-electron chi connectivity index (χ2n) is 6.40. The Bertz CT molecular complexity index is 424. The van der Waals surface area contributed by atoms with Crippen LogP contribution in [0.1, 0.15) is 47.5 Å². The molecule has 1 heterocycles. The number of amides is 1. The highest BCUT2D eigenvalue weighted by Crippen LogP contribution is 2.25. The first kappa shape index (κ1) is 17.3. The maximum absolute atomic E-state index is 12.2. The number of ether oxygens (including phenoxy) is 1. The first-order valence-corrected chi connectivity index (χ1v) is 7.10. The molecule has 1 saturated heterocycles. The van der Waals surface area contributed by atoms with E-state index in [4.69, 9.17) is 15.3 Å². The monoisotopic (exact) mass is 299 g/mol. The van der Waals surface area contributed by atoms with Gasteiger partial charge in [0, 0.05) is 12.6 Å². The molecule has 1 fully saturated rings. The van der Waals surface area contributed by atoms with Gasteiger partial charge in [0.2, 0.25) is 0 Å². The number of oxime groups is 1. The zero-order valence-electron chi connectivity index (χ0n) is 13.4. The van der Waals surface area contributed by atoms with Crippen molar-refractivity contribution in [2.75, 3.05) is 6.54 Å². The van der Waals surface area contributed by atoms with Crippen LogP contribution in [0.3, 0.4) is 0 Å². The van der Waals surface area contributed by atoms with Gasteiger partial charge in [-0.1, -0.05) is 5.16 Å². The van der Waals surface area contributed by atoms with Gasteiger partial charge in [0.25, 0.3) is 0 Å². The summed E-state index contributed by atoms with van der Waals surface area (Å²) in [5.41, 5.74) is 4.76. The average molecular weight is 299 g/mol. The van der Waals surface area contributed by atoms with Crippen molar-refractivity contribution in [1.29, 1.82) is 0 Å². The molecule has 0 aromatic rings. The highest BCUT2D eigenvalue weighted by atomic mass is 16.7. The molecule has 120 valence electrons. The molecule has 1 aliphatic rings. The van der Waals surface area contributed by atoms with Crippen molar-refractivity contribution in [2.24, 2.45) is 16.8 Å². The molecule has 1 aliphatic heterocycles. The van der Waals surface area contributed by atoms with Crippen molar-refractivity contribution in [2.45, 2.75) is 59.1 Å². The highest BCUT2D eigenvalue weighted by molar-refractivity contribution is 5.79. The number of carbonyl (C=O) groups excluding carboxylic acids is 2. The van der Waals surface area contributed by atoms with E-state index in [9.17, 15) is 9.59 Å². The number of piperidine rings is 1. The molecule has 1 amide bonds. The maximum atomic E-state index is 12.2. The topological polar surface area (TPSA) is 94.2 Å². The Balaban J connectivity index is 2.67. The Morgan fingerprint density at radius 1 is 1.29 bits per heavy atom. The number of likely N-dealkylation sites (tertiary alicyclic amines) is 1. The number of hydrogen-bond acceptors (Lipinski definition) is 5. The third-order valence-corrected chi connectivity index (χ3v) is 3.12. The fourth-order valence-electron chi connectivity index (χ4n) is 2.07. The number of nitrogens with zero attached hydrogens (tertiary/aromatic N) is 2. The Hall–Kier alpha value is -1.79. The van der Waals surface area contributed by atoms with Gasteiger partial charge in [0.15, 0.2) is 0 Å². The van der Waals surface area contributed by atoms with Crippen LogP contribution in [0.5, 0.6) is 0 Å². The lowest BCUT2D eigenvalue weighted by atomic mass is 9.94. The van der Waals surface area contributed by atoms with E-state index in [0.29, 0.717) is 12.8 Å². The van der Waals surface area contributed by atoms with Crippen LogP contribution in [-0.2, 0) is 14.4 Å². The molecule has 0 spiro atoms. The van der Waals surface area contributed by atoms with E-state index >= 15 is 0 Å². The maximum Gasteiger partial charge on any atom is 0.410 e. The van der Waals surface area contributed by atoms with Gasteiger partial charge in [-0.3, -0.25) is 0 Å². The minimum absolute atomic E-state index is 0.0312. The number of amidine groups is 1. The quantitative estimate of drug-likeness (QED) is 0.363. The predicted molar refractivity (Wildman–Crippen MR) is 78.5 cm³/mol. The van der Waals surface area contributed by atoms with E-state index in [1.165, 1.54) is 6.92 Å². The summed E-state index contributed by atoms with van der Waals surface area (Å²) < 4.78 is 5.36. The molecule has 0 aromatic heterocycles. The fourth-order valence-corrected chi connectivity index (χ4v) is 2.07. The standard InChI is InChI=1S/C14H25N3O4/c1-9-6-7-11(12(18)21-16-10(2)15)8-17(9)13(19)20-14(3,4)5/h9,11H,6-8H2,1-5H3,(H2,15,16)/t9-,11?/m1/s1. The Morgan fingerprint density at radius 3 is 2.43 bits per heavy atom. The minimum Gasteiger partial charge on any atom is -0.444 e. The van der Waals surface area contributed by atoms with E-state index in [0.717, 1.165) is 0 Å². The SMILES string of the molecule is CC(N)=NOC(=O)C1CC[C@@H](C)N(C(=O)OC(C)(C)C)C1. The molecular weight excluding hydrogens is 274 g/mol. The highest BCUT2D eigenvalue weighted by Gasteiger charge is 2.35. The van der Waals surface area contributed by atoms with Crippen LogP contribution in [0.15, 0.2) is 5.16 Å². The van der Waals surface area contributed by atoms with Gasteiger partial charge < -0.3 is 20.2 Å². The van der Waals surface area contributed by atoms with Gasteiger partial charge in [-0.2, -0.15) is 0 Å². The summed E-state index contributed by atoms with van der Waals surface area (Å²) in [5.74, 6) is -0.700. The van der Waals surface area contributed by atoms with Crippen LogP contribution < -0.4 is 5.73 Å². The number of carbonyl (C=O) groups is 2. The van der Waals surface area contributed by atoms with Crippen molar-refractivity contribution in [3.05, 3.63) is 0 Å². The summed E-state index contributed by atoms with van der Waals surface area (Å²) in [5, 5.41) is 3.46. The summed E-state index contributed by atoms with van der Waals surface area (Å²) in [6.07, 6.45) is 0.953. The molecule has 0 saturated carbocycles. The van der Waals surface area contributed by atoms with Crippen molar-refractivity contribution < 1.29 is 19.2 Å². The first-order valence-electron chi connectivity index (χ1n) is 7.10. The molecule has 7 nitrogen and oxygen atoms in total. The van der Waals surface area contributed by atoms with Crippen molar-refractivity contribution in [3.63, 3.8) is 0 Å². The fraction of sp³-hybridized carbons (Fsp3) is 0.786. The largest absolute Gasteiger partial charge is 0.444 e. The van der Waals surface area contributed by atoms with E-state index in [1.54, 1.807) is 4.90 Å². The second kappa shape index (κ2) is 6.78. The Morgan fingerprint density at radius 2 is 1.90 bits per heavy atom. The second-order valence-corrected chi connectivity index (χ2v) is 6.40. The van der Waals surface area contributed by atoms with Crippen LogP contribution in [0.25, 0.3) is 0 Å². The predicted octanol–water partition coefficient (Wildman–Crippen LogP) is 1.86. The van der Waals surface area contributed by atoms with Crippen molar-refractivity contribution >= 4 is 17.9 Å². The van der Waals surface area contributed by atoms with E-state index in [2.05, 4.69) is 5.16 Å². The normalized spacial score (nSPS) is 23.7. The summed E-state index contributed by atoms with van der Waals surface area (Å²) in [7, 11) is 0. The number of rotatable bonds is 2. The van der Waals surface area contributed by atoms with Crippen LogP contribution in [0.2, 0.25) is 0 Å². The van der Waals surface area contributed by atoms with E-state index < -0.39 is 23.6 Å². The smallest absolute Gasteiger partial charge is 0.410 e. The van der Waals surface area contributed by atoms with Crippen LogP contribution in [0, 0.1) is 5.92 Å². The van der Waals surface area contributed by atoms with Gasteiger partial charge in [0.1, 0.15) is 11.4 Å². The average Bonchev–Trinajstić information content (AvgIpc) is 2.34. The third-order valence-electron chi connectivity index (χ3n) is 3.12. The lowest BCUT2D eigenvalue weighted by Gasteiger charge is -2.37. The van der Waals surface area contributed by atoms with E-state index in [1.807, 2.05) is 27.7 Å². The van der Waals surface area contributed by atoms with E-state index in [-0.39, 0.29) is 18.4 Å². The molecule has 0 radical (unpaired) electrons. The minimum atomic E-state index is -0.564. The lowest BCUT2D eigenvalue weighted by Crippen LogP contribution is -2.49. The van der Waals surface area contributed by atoms with Gasteiger partial charge in [-0.05, 0) is 47.5 Å². The molecule has 7 heteroatoms. The number of nitrogens with two attached hydrogens (primary N) is 1. The molecule has 0 bridgehead atoms. The molecule has 21 heavy (non-hydrogen) atoms. The first-order chi connectivity index (χ1) is 9.60. The zero-order chi connectivity index (χ0) is 16.2. The van der Waals surface area contributed by atoms with Crippen LogP contribution in [-0.4, -0.2) is 41.0 Å². The summed E-state index contributed by atoms with van der Waals surface area (Å²) >= 11 is 0. The number of hydrogen-bond donors (Lipinski definition) is 1. The van der Waals surface area contributed by atoms with Gasteiger partial charge in [0.05, 0.1) is 5.92 Å². The van der Waals surface area contributed by atoms with Crippen molar-refractivity contribution in [3.8, 4) is 0 Å². The summed E-state index contributed by atoms with van der Waals surface area (Å²) in [6.45, 7) is 9.17. The van der Waals surface area contributed by atoms with Gasteiger partial charge in [-0.15, -0.1) is 0 Å². The summed E-state index contributed by atoms with van der Waals surface area (Å²) in [6, 6.07) is 0.0312. The molecule has 2 atom stereocenters. The van der Waals surface area contributed by atoms with Crippen molar-refractivity contribution in [1.82, 2.24) is 4.90 Å². The molecule has 1 rings (SSSR count). The third kappa shape index (κ3) is 5.61. The van der Waals surface area contributed by atoms with Gasteiger partial charge >= 0.3 is 12.1 Å². The zero-order valence-corrected chi connectivity index (χ0v) is 13.4. The molecule has 1 unspecified atom stereocenters.